The fourth-order valence-electron chi connectivity index (χ4n) is 2.05. The first-order valence-corrected chi connectivity index (χ1v) is 7.09. The highest BCUT2D eigenvalue weighted by atomic mass is 35.5. The van der Waals surface area contributed by atoms with Gasteiger partial charge in [0.25, 0.3) is 0 Å². The van der Waals surface area contributed by atoms with Gasteiger partial charge in [-0.2, -0.15) is 0 Å². The van der Waals surface area contributed by atoms with Crippen molar-refractivity contribution in [3.8, 4) is 0 Å². The SMILES string of the molecule is O=C(CN1CCCNCC1)Nc1cccc(Cl)c1Cl. The van der Waals surface area contributed by atoms with Gasteiger partial charge in [-0.25, -0.2) is 0 Å². The van der Waals surface area contributed by atoms with E-state index in [9.17, 15) is 4.79 Å². The van der Waals surface area contributed by atoms with E-state index in [1.807, 2.05) is 0 Å². The van der Waals surface area contributed by atoms with E-state index in [1.54, 1.807) is 18.2 Å². The Bertz CT molecular complexity index is 446. The minimum absolute atomic E-state index is 0.0638. The van der Waals surface area contributed by atoms with Gasteiger partial charge in [0.1, 0.15) is 0 Å². The number of nitrogens with one attached hydrogen (secondary N) is 2. The van der Waals surface area contributed by atoms with Gasteiger partial charge in [-0.05, 0) is 31.6 Å². The molecule has 6 heteroatoms. The normalized spacial score (nSPS) is 16.9. The van der Waals surface area contributed by atoms with Crippen molar-refractivity contribution in [3.05, 3.63) is 28.2 Å². The lowest BCUT2D eigenvalue weighted by molar-refractivity contribution is -0.117. The van der Waals surface area contributed by atoms with Crippen LogP contribution in [0.1, 0.15) is 6.42 Å². The third-order valence-corrected chi connectivity index (χ3v) is 3.84. The Kier molecular flexibility index (Phi) is 5.45. The summed E-state index contributed by atoms with van der Waals surface area (Å²) >= 11 is 11.9. The van der Waals surface area contributed by atoms with Crippen LogP contribution >= 0.6 is 23.2 Å². The van der Waals surface area contributed by atoms with Crippen LogP contribution in [-0.2, 0) is 4.79 Å². The van der Waals surface area contributed by atoms with E-state index in [2.05, 4.69) is 15.5 Å². The minimum atomic E-state index is -0.0638. The molecule has 2 N–H and O–H groups in total. The lowest BCUT2D eigenvalue weighted by Gasteiger charge is -2.19. The van der Waals surface area contributed by atoms with Crippen molar-refractivity contribution < 1.29 is 4.79 Å². The van der Waals surface area contributed by atoms with E-state index < -0.39 is 0 Å². The smallest absolute Gasteiger partial charge is 0.238 e. The molecule has 0 spiro atoms. The summed E-state index contributed by atoms with van der Waals surface area (Å²) in [6.07, 6.45) is 1.06. The van der Waals surface area contributed by atoms with E-state index >= 15 is 0 Å². The number of amides is 1. The molecule has 1 aliphatic heterocycles. The van der Waals surface area contributed by atoms with Crippen molar-refractivity contribution in [1.82, 2.24) is 10.2 Å². The third-order valence-electron chi connectivity index (χ3n) is 3.03. The van der Waals surface area contributed by atoms with Gasteiger partial charge >= 0.3 is 0 Å². The van der Waals surface area contributed by atoms with Gasteiger partial charge in [0.2, 0.25) is 5.91 Å². The minimum Gasteiger partial charge on any atom is -0.324 e. The average Bonchev–Trinajstić information content (AvgIpc) is 2.63. The zero-order valence-electron chi connectivity index (χ0n) is 10.6. The molecule has 0 bridgehead atoms. The lowest BCUT2D eigenvalue weighted by Crippen LogP contribution is -2.35. The second-order valence-electron chi connectivity index (χ2n) is 4.53. The van der Waals surface area contributed by atoms with Gasteiger partial charge in [0, 0.05) is 13.1 Å². The van der Waals surface area contributed by atoms with Crippen LogP contribution in [0.15, 0.2) is 18.2 Å². The van der Waals surface area contributed by atoms with Crippen LogP contribution in [0, 0.1) is 0 Å². The fraction of sp³-hybridized carbons (Fsp3) is 0.462. The molecule has 1 fully saturated rings. The van der Waals surface area contributed by atoms with Gasteiger partial charge in [0.05, 0.1) is 22.3 Å². The first kappa shape index (κ1) is 14.6. The standard InChI is InChI=1S/C13H17Cl2N3O/c14-10-3-1-4-11(13(10)15)17-12(19)9-18-7-2-5-16-6-8-18/h1,3-4,16H,2,5-9H2,(H,17,19). The number of carbonyl (C=O) groups is 1. The largest absolute Gasteiger partial charge is 0.324 e. The number of halogens is 2. The molecule has 0 aliphatic carbocycles. The van der Waals surface area contributed by atoms with Crippen molar-refractivity contribution >= 4 is 34.8 Å². The maximum Gasteiger partial charge on any atom is 0.238 e. The molecular weight excluding hydrogens is 285 g/mol. The predicted molar refractivity (Wildman–Crippen MR) is 79.0 cm³/mol. The van der Waals surface area contributed by atoms with Crippen molar-refractivity contribution in [1.29, 1.82) is 0 Å². The van der Waals surface area contributed by atoms with Crippen LogP contribution in [-0.4, -0.2) is 43.5 Å². The van der Waals surface area contributed by atoms with Gasteiger partial charge in [-0.3, -0.25) is 9.69 Å². The van der Waals surface area contributed by atoms with Gasteiger partial charge in [-0.15, -0.1) is 0 Å². The number of carbonyl (C=O) groups excluding carboxylic acids is 1. The number of hydrogen-bond donors (Lipinski definition) is 2. The summed E-state index contributed by atoms with van der Waals surface area (Å²) in [5.41, 5.74) is 0.562. The Balaban J connectivity index is 1.91. The third kappa shape index (κ3) is 4.35. The van der Waals surface area contributed by atoms with E-state index in [1.165, 1.54) is 0 Å². The Morgan fingerprint density at radius 1 is 1.32 bits per heavy atom. The molecule has 1 amide bonds. The van der Waals surface area contributed by atoms with Crippen LogP contribution in [0.25, 0.3) is 0 Å². The molecule has 0 unspecified atom stereocenters. The molecule has 0 saturated carbocycles. The highest BCUT2D eigenvalue weighted by Crippen LogP contribution is 2.29. The van der Waals surface area contributed by atoms with Crippen molar-refractivity contribution in [2.45, 2.75) is 6.42 Å². The van der Waals surface area contributed by atoms with Crippen molar-refractivity contribution in [3.63, 3.8) is 0 Å². The zero-order chi connectivity index (χ0) is 13.7. The molecule has 1 aromatic rings. The maximum atomic E-state index is 12.0. The van der Waals surface area contributed by atoms with E-state index in [4.69, 9.17) is 23.2 Å². The van der Waals surface area contributed by atoms with Crippen LogP contribution in [0.2, 0.25) is 10.0 Å². The molecule has 0 aromatic heterocycles. The zero-order valence-corrected chi connectivity index (χ0v) is 12.1. The Labute approximate surface area is 123 Å². The summed E-state index contributed by atoms with van der Waals surface area (Å²) in [6.45, 7) is 4.13. The topological polar surface area (TPSA) is 44.4 Å². The Hall–Kier alpha value is -0.810. The fourth-order valence-corrected chi connectivity index (χ4v) is 2.40. The Morgan fingerprint density at radius 2 is 2.16 bits per heavy atom. The number of nitrogens with zero attached hydrogens (tertiary/aromatic N) is 1. The molecule has 19 heavy (non-hydrogen) atoms. The monoisotopic (exact) mass is 301 g/mol. The molecular formula is C13H17Cl2N3O. The summed E-state index contributed by atoms with van der Waals surface area (Å²) in [6, 6.07) is 5.20. The average molecular weight is 302 g/mol. The molecule has 4 nitrogen and oxygen atoms in total. The summed E-state index contributed by atoms with van der Waals surface area (Å²) in [4.78, 5) is 14.1. The molecule has 1 aromatic carbocycles. The van der Waals surface area contributed by atoms with Gasteiger partial charge in [0.15, 0.2) is 0 Å². The molecule has 0 atom stereocenters. The van der Waals surface area contributed by atoms with Crippen molar-refractivity contribution in [2.75, 3.05) is 38.0 Å². The summed E-state index contributed by atoms with van der Waals surface area (Å²) < 4.78 is 0. The number of rotatable bonds is 3. The molecule has 1 saturated heterocycles. The molecule has 1 aliphatic rings. The van der Waals surface area contributed by atoms with Crippen LogP contribution < -0.4 is 10.6 Å². The van der Waals surface area contributed by atoms with E-state index in [0.717, 1.165) is 32.6 Å². The summed E-state index contributed by atoms with van der Waals surface area (Å²) in [5.74, 6) is -0.0638. The molecule has 1 heterocycles. The highest BCUT2D eigenvalue weighted by Gasteiger charge is 2.14. The first-order chi connectivity index (χ1) is 9.16. The summed E-state index contributed by atoms with van der Waals surface area (Å²) in [5, 5.41) is 6.93. The number of benzene rings is 1. The summed E-state index contributed by atoms with van der Waals surface area (Å²) in [7, 11) is 0. The second-order valence-corrected chi connectivity index (χ2v) is 5.31. The number of hydrogen-bond acceptors (Lipinski definition) is 3. The van der Waals surface area contributed by atoms with E-state index in [-0.39, 0.29) is 5.91 Å². The first-order valence-electron chi connectivity index (χ1n) is 6.34. The molecule has 104 valence electrons. The Morgan fingerprint density at radius 3 is 3.00 bits per heavy atom. The lowest BCUT2D eigenvalue weighted by atomic mass is 10.3. The van der Waals surface area contributed by atoms with Gasteiger partial charge in [-0.1, -0.05) is 29.3 Å². The van der Waals surface area contributed by atoms with Crippen LogP contribution in [0.5, 0.6) is 0 Å². The highest BCUT2D eigenvalue weighted by molar-refractivity contribution is 6.43. The molecule has 2 rings (SSSR count). The quantitative estimate of drug-likeness (QED) is 0.900. The number of anilines is 1. The maximum absolute atomic E-state index is 12.0. The van der Waals surface area contributed by atoms with E-state index in [0.29, 0.717) is 22.3 Å². The van der Waals surface area contributed by atoms with Crippen LogP contribution in [0.4, 0.5) is 5.69 Å². The van der Waals surface area contributed by atoms with Crippen LogP contribution in [0.3, 0.4) is 0 Å². The molecule has 0 radical (unpaired) electrons. The van der Waals surface area contributed by atoms with Gasteiger partial charge < -0.3 is 10.6 Å². The van der Waals surface area contributed by atoms with Crippen molar-refractivity contribution in [2.24, 2.45) is 0 Å². The second kappa shape index (κ2) is 7.10. The predicted octanol–water partition coefficient (Wildman–Crippen LogP) is 2.23.